The Labute approximate surface area is 57.3 Å². The van der Waals surface area contributed by atoms with Crippen LogP contribution in [0.15, 0.2) is 12.7 Å². The van der Waals surface area contributed by atoms with E-state index in [9.17, 15) is 13.8 Å². The van der Waals surface area contributed by atoms with Crippen LogP contribution in [-0.4, -0.2) is 17.0 Å². The number of hydrogen-bond acceptors (Lipinski definition) is 3. The molecule has 0 amide bonds. The molecule has 0 aromatic carbocycles. The second kappa shape index (κ2) is 4.33. The molecule has 0 spiro atoms. The summed E-state index contributed by atoms with van der Waals surface area (Å²) in [5, 5.41) is 0. The van der Waals surface area contributed by atoms with Crippen LogP contribution in [0.4, 0.5) is 4.39 Å². The van der Waals surface area contributed by atoms with Crippen molar-refractivity contribution in [3.63, 3.8) is 0 Å². The van der Waals surface area contributed by atoms with Gasteiger partial charge in [0, 0.05) is 0 Å². The molecule has 0 aromatic rings. The zero-order valence-electron chi connectivity index (χ0n) is 4.91. The van der Waals surface area contributed by atoms with Crippen LogP contribution in [0, 0.1) is 0 Å². The highest BCUT2D eigenvalue weighted by molar-refractivity contribution is 7.32. The van der Waals surface area contributed by atoms with Gasteiger partial charge in [-0.15, -0.1) is 0 Å². The van der Waals surface area contributed by atoms with Gasteiger partial charge in [-0.3, -0.25) is 13.9 Å². The van der Waals surface area contributed by atoms with Gasteiger partial charge < -0.3 is 4.89 Å². The summed E-state index contributed by atoms with van der Waals surface area (Å²) in [7, 11) is -3.38. The lowest BCUT2D eigenvalue weighted by atomic mass is 10.4. The first-order valence-corrected chi connectivity index (χ1v) is 3.54. The summed E-state index contributed by atoms with van der Waals surface area (Å²) >= 11 is 0. The van der Waals surface area contributed by atoms with Crippen molar-refractivity contribution < 1.29 is 23.2 Å². The highest BCUT2D eigenvalue weighted by atomic mass is 31.1. The zero-order valence-corrected chi connectivity index (χ0v) is 5.91. The summed E-state index contributed by atoms with van der Waals surface area (Å²) in [6, 6.07) is 0. The van der Waals surface area contributed by atoms with E-state index in [1.807, 2.05) is 0 Å². The molecule has 1 N–H and O–H groups in total. The second-order valence-electron chi connectivity index (χ2n) is 1.31. The molecule has 0 fully saturated rings. The molecule has 2 atom stereocenters. The Morgan fingerprint density at radius 2 is 2.40 bits per heavy atom. The Balaban J connectivity index is 3.84. The molecule has 0 heterocycles. The average molecular weight is 168 g/mol. The third-order valence-electron chi connectivity index (χ3n) is 0.629. The SMILES string of the molecule is C=CC(=O)C(F)O[PH](=O)O. The summed E-state index contributed by atoms with van der Waals surface area (Å²) in [5.74, 6) is -1.06. The van der Waals surface area contributed by atoms with E-state index in [1.165, 1.54) is 0 Å². The first-order chi connectivity index (χ1) is 4.57. The van der Waals surface area contributed by atoms with Crippen LogP contribution in [0.3, 0.4) is 0 Å². The van der Waals surface area contributed by atoms with Gasteiger partial charge in [-0.1, -0.05) is 6.58 Å². The van der Waals surface area contributed by atoms with Crippen LogP contribution in [-0.2, 0) is 13.9 Å². The van der Waals surface area contributed by atoms with E-state index in [4.69, 9.17) is 4.89 Å². The zero-order chi connectivity index (χ0) is 8.15. The van der Waals surface area contributed by atoms with Gasteiger partial charge in [0.2, 0.25) is 5.78 Å². The lowest BCUT2D eigenvalue weighted by Crippen LogP contribution is -2.12. The minimum atomic E-state index is -3.38. The molecule has 0 radical (unpaired) electrons. The largest absolute Gasteiger partial charge is 0.326 e. The molecule has 0 aliphatic heterocycles. The van der Waals surface area contributed by atoms with Gasteiger partial charge in [-0.2, -0.15) is 0 Å². The predicted molar refractivity (Wildman–Crippen MR) is 32.4 cm³/mol. The Hall–Kier alpha value is -0.510. The van der Waals surface area contributed by atoms with Gasteiger partial charge >= 0.3 is 8.25 Å². The van der Waals surface area contributed by atoms with E-state index in [2.05, 4.69) is 11.1 Å². The molecule has 0 aliphatic carbocycles. The molecular formula is C4H6FO4P. The highest BCUT2D eigenvalue weighted by Gasteiger charge is 2.15. The number of ketones is 1. The number of carbonyl (C=O) groups is 1. The lowest BCUT2D eigenvalue weighted by Gasteiger charge is -2.00. The van der Waals surface area contributed by atoms with Crippen molar-refractivity contribution in [3.05, 3.63) is 12.7 Å². The third kappa shape index (κ3) is 3.50. The first kappa shape index (κ1) is 9.49. The Kier molecular flexibility index (Phi) is 4.11. The van der Waals surface area contributed by atoms with Crippen molar-refractivity contribution in [3.8, 4) is 0 Å². The Morgan fingerprint density at radius 1 is 1.90 bits per heavy atom. The van der Waals surface area contributed by atoms with Crippen molar-refractivity contribution in [2.75, 3.05) is 0 Å². The summed E-state index contributed by atoms with van der Waals surface area (Å²) in [4.78, 5) is 18.2. The van der Waals surface area contributed by atoms with Crippen molar-refractivity contribution in [2.24, 2.45) is 0 Å². The summed E-state index contributed by atoms with van der Waals surface area (Å²) in [6.07, 6.45) is -1.69. The Morgan fingerprint density at radius 3 is 2.70 bits per heavy atom. The smallest absolute Gasteiger partial charge is 0.319 e. The van der Waals surface area contributed by atoms with Crippen molar-refractivity contribution >= 4 is 14.0 Å². The summed E-state index contributed by atoms with van der Waals surface area (Å²) < 4.78 is 25.5. The number of rotatable bonds is 4. The van der Waals surface area contributed by atoms with Gasteiger partial charge in [0.05, 0.1) is 0 Å². The van der Waals surface area contributed by atoms with Crippen molar-refractivity contribution in [1.29, 1.82) is 0 Å². The van der Waals surface area contributed by atoms with Gasteiger partial charge in [-0.05, 0) is 6.08 Å². The fraction of sp³-hybridized carbons (Fsp3) is 0.250. The molecular weight excluding hydrogens is 162 g/mol. The Bertz CT molecular complexity index is 169. The predicted octanol–water partition coefficient (Wildman–Crippen LogP) is 0.436. The molecule has 10 heavy (non-hydrogen) atoms. The fourth-order valence-corrected chi connectivity index (χ4v) is 0.532. The molecule has 58 valence electrons. The van der Waals surface area contributed by atoms with Gasteiger partial charge in [0.15, 0.2) is 0 Å². The standard InChI is InChI=1S/C4H6FO4P/c1-2-3(6)4(5)9-10(7)8/h2,4,10H,1H2,(H,7,8). The van der Waals surface area contributed by atoms with Crippen LogP contribution >= 0.6 is 8.25 Å². The normalized spacial score (nSPS) is 15.8. The van der Waals surface area contributed by atoms with Crippen LogP contribution < -0.4 is 0 Å². The van der Waals surface area contributed by atoms with E-state index in [0.29, 0.717) is 6.08 Å². The van der Waals surface area contributed by atoms with E-state index in [0.717, 1.165) is 0 Å². The van der Waals surface area contributed by atoms with E-state index < -0.39 is 20.4 Å². The van der Waals surface area contributed by atoms with E-state index in [-0.39, 0.29) is 0 Å². The fourth-order valence-electron chi connectivity index (χ4n) is 0.239. The first-order valence-electron chi connectivity index (χ1n) is 2.28. The topological polar surface area (TPSA) is 63.6 Å². The van der Waals surface area contributed by atoms with E-state index in [1.54, 1.807) is 0 Å². The molecule has 2 unspecified atom stereocenters. The van der Waals surface area contributed by atoms with Crippen LogP contribution in [0.1, 0.15) is 0 Å². The number of alkyl halides is 1. The molecule has 0 aliphatic rings. The maximum Gasteiger partial charge on any atom is 0.319 e. The maximum atomic E-state index is 12.1. The van der Waals surface area contributed by atoms with Crippen molar-refractivity contribution in [1.82, 2.24) is 0 Å². The average Bonchev–Trinajstić information content (AvgIpc) is 1.85. The summed E-state index contributed by atoms with van der Waals surface area (Å²) in [6.45, 7) is 2.95. The summed E-state index contributed by atoms with van der Waals surface area (Å²) in [5.41, 5.74) is 0. The van der Waals surface area contributed by atoms with Crippen molar-refractivity contribution in [2.45, 2.75) is 6.36 Å². The molecule has 4 nitrogen and oxygen atoms in total. The minimum absolute atomic E-state index is 0.676. The molecule has 6 heteroatoms. The molecule has 0 saturated carbocycles. The van der Waals surface area contributed by atoms with Crippen LogP contribution in [0.5, 0.6) is 0 Å². The minimum Gasteiger partial charge on any atom is -0.326 e. The third-order valence-corrected chi connectivity index (χ3v) is 1.04. The molecule has 0 saturated heterocycles. The molecule has 0 rings (SSSR count). The van der Waals surface area contributed by atoms with Gasteiger partial charge in [-0.25, -0.2) is 4.39 Å². The number of hydrogen-bond donors (Lipinski definition) is 1. The monoisotopic (exact) mass is 168 g/mol. The van der Waals surface area contributed by atoms with Gasteiger partial charge in [0.1, 0.15) is 0 Å². The second-order valence-corrected chi connectivity index (χ2v) is 2.07. The maximum absolute atomic E-state index is 12.1. The van der Waals surface area contributed by atoms with E-state index >= 15 is 0 Å². The quantitative estimate of drug-likeness (QED) is 0.488. The highest BCUT2D eigenvalue weighted by Crippen LogP contribution is 2.19. The van der Waals surface area contributed by atoms with Crippen LogP contribution in [0.2, 0.25) is 0 Å². The number of carbonyl (C=O) groups excluding carboxylic acids is 1. The van der Waals surface area contributed by atoms with Crippen LogP contribution in [0.25, 0.3) is 0 Å². The lowest BCUT2D eigenvalue weighted by molar-refractivity contribution is -0.128. The van der Waals surface area contributed by atoms with Gasteiger partial charge in [0.25, 0.3) is 6.36 Å². The molecule has 0 aromatic heterocycles. The number of halogens is 1. The molecule has 0 bridgehead atoms.